The van der Waals surface area contributed by atoms with Crippen molar-refractivity contribution < 1.29 is 9.59 Å². The smallest absolute Gasteiger partial charge is 0.232 e. The molecule has 2 aliphatic heterocycles. The number of fused-ring (bicyclic) bond motifs is 1. The number of carbonyl (C=O) groups excluding carboxylic acids is 2. The molecule has 6 nitrogen and oxygen atoms in total. The largest absolute Gasteiger partial charge is 0.355 e. The van der Waals surface area contributed by atoms with Gasteiger partial charge in [-0.25, -0.2) is 9.97 Å². The van der Waals surface area contributed by atoms with E-state index in [2.05, 4.69) is 15.3 Å². The monoisotopic (exact) mass is 260 g/mol. The van der Waals surface area contributed by atoms with Gasteiger partial charge < -0.3 is 4.90 Å². The molecular weight excluding hydrogens is 244 g/mol. The Kier molecular flexibility index (Phi) is 2.73. The first-order valence-corrected chi connectivity index (χ1v) is 6.49. The van der Waals surface area contributed by atoms with Crippen molar-refractivity contribution >= 4 is 17.6 Å². The molecule has 3 heterocycles. The molecule has 0 spiro atoms. The molecule has 1 aromatic rings. The SMILES string of the molecule is CC(C)c1nccc(N2CC3C(=O)NC(=O)C3C2)n1. The fourth-order valence-corrected chi connectivity index (χ4v) is 2.65. The van der Waals surface area contributed by atoms with Crippen molar-refractivity contribution in [3.63, 3.8) is 0 Å². The van der Waals surface area contributed by atoms with Crippen molar-refractivity contribution in [2.45, 2.75) is 19.8 Å². The molecule has 0 aliphatic carbocycles. The van der Waals surface area contributed by atoms with Crippen molar-refractivity contribution in [1.29, 1.82) is 0 Å². The van der Waals surface area contributed by atoms with Crippen LogP contribution in [-0.2, 0) is 9.59 Å². The van der Waals surface area contributed by atoms with E-state index in [9.17, 15) is 9.59 Å². The Bertz CT molecular complexity index is 521. The molecule has 0 bridgehead atoms. The van der Waals surface area contributed by atoms with E-state index in [1.54, 1.807) is 6.20 Å². The predicted molar refractivity (Wildman–Crippen MR) is 68.5 cm³/mol. The maximum absolute atomic E-state index is 11.6. The molecule has 2 atom stereocenters. The molecule has 2 amide bonds. The zero-order chi connectivity index (χ0) is 13.6. The van der Waals surface area contributed by atoms with E-state index in [-0.39, 0.29) is 29.6 Å². The molecule has 2 aliphatic rings. The lowest BCUT2D eigenvalue weighted by Crippen LogP contribution is -2.31. The van der Waals surface area contributed by atoms with Crippen molar-refractivity contribution in [2.75, 3.05) is 18.0 Å². The summed E-state index contributed by atoms with van der Waals surface area (Å²) in [7, 11) is 0. The molecular formula is C13H16N4O2. The topological polar surface area (TPSA) is 75.2 Å². The molecule has 1 aromatic heterocycles. The van der Waals surface area contributed by atoms with Gasteiger partial charge in [-0.1, -0.05) is 13.8 Å². The zero-order valence-electron chi connectivity index (χ0n) is 11.0. The summed E-state index contributed by atoms with van der Waals surface area (Å²) in [4.78, 5) is 34.0. The fraction of sp³-hybridized carbons (Fsp3) is 0.538. The summed E-state index contributed by atoms with van der Waals surface area (Å²) in [6.45, 7) is 5.18. The molecule has 2 fully saturated rings. The Balaban J connectivity index is 1.84. The van der Waals surface area contributed by atoms with Crippen LogP contribution in [0.4, 0.5) is 5.82 Å². The van der Waals surface area contributed by atoms with Gasteiger partial charge in [0.05, 0.1) is 11.8 Å². The molecule has 1 N–H and O–H groups in total. The highest BCUT2D eigenvalue weighted by Gasteiger charge is 2.48. The summed E-state index contributed by atoms with van der Waals surface area (Å²) in [6.07, 6.45) is 1.73. The maximum atomic E-state index is 11.6. The van der Waals surface area contributed by atoms with Gasteiger partial charge in [0, 0.05) is 25.2 Å². The Morgan fingerprint density at radius 2 is 1.89 bits per heavy atom. The number of nitrogens with zero attached hydrogens (tertiary/aromatic N) is 3. The normalized spacial score (nSPS) is 25.9. The number of aromatic nitrogens is 2. The number of amides is 2. The lowest BCUT2D eigenvalue weighted by molar-refractivity contribution is -0.126. The van der Waals surface area contributed by atoms with Gasteiger partial charge in [0.2, 0.25) is 11.8 Å². The van der Waals surface area contributed by atoms with E-state index >= 15 is 0 Å². The summed E-state index contributed by atoms with van der Waals surface area (Å²) >= 11 is 0. The summed E-state index contributed by atoms with van der Waals surface area (Å²) in [6, 6.07) is 1.83. The van der Waals surface area contributed by atoms with Crippen LogP contribution in [0.15, 0.2) is 12.3 Å². The van der Waals surface area contributed by atoms with E-state index in [4.69, 9.17) is 0 Å². The average molecular weight is 260 g/mol. The molecule has 100 valence electrons. The minimum Gasteiger partial charge on any atom is -0.355 e. The summed E-state index contributed by atoms with van der Waals surface area (Å²) < 4.78 is 0. The van der Waals surface area contributed by atoms with E-state index in [0.29, 0.717) is 13.1 Å². The summed E-state index contributed by atoms with van der Waals surface area (Å²) in [5.41, 5.74) is 0. The van der Waals surface area contributed by atoms with Crippen LogP contribution in [0, 0.1) is 11.8 Å². The lowest BCUT2D eigenvalue weighted by Gasteiger charge is -2.18. The third-order valence-electron chi connectivity index (χ3n) is 3.74. The number of nitrogens with one attached hydrogen (secondary N) is 1. The molecule has 2 saturated heterocycles. The Labute approximate surface area is 111 Å². The molecule has 6 heteroatoms. The maximum Gasteiger partial charge on any atom is 0.232 e. The minimum atomic E-state index is -0.232. The summed E-state index contributed by atoms with van der Waals surface area (Å²) in [5, 5.41) is 2.38. The van der Waals surface area contributed by atoms with Crippen molar-refractivity contribution in [1.82, 2.24) is 15.3 Å². The quantitative estimate of drug-likeness (QED) is 0.774. The minimum absolute atomic E-state index is 0.157. The standard InChI is InChI=1S/C13H16N4O2/c1-7(2)11-14-4-3-10(15-11)17-5-8-9(6-17)13(19)16-12(8)18/h3-4,7-9H,5-6H2,1-2H3,(H,16,18,19). The number of carbonyl (C=O) groups is 2. The van der Waals surface area contributed by atoms with E-state index in [1.807, 2.05) is 24.8 Å². The first-order valence-electron chi connectivity index (χ1n) is 6.49. The Morgan fingerprint density at radius 3 is 2.47 bits per heavy atom. The van der Waals surface area contributed by atoms with Crippen LogP contribution in [0.2, 0.25) is 0 Å². The second kappa shape index (κ2) is 4.29. The van der Waals surface area contributed by atoms with Crippen LogP contribution in [0.3, 0.4) is 0 Å². The zero-order valence-corrected chi connectivity index (χ0v) is 11.0. The van der Waals surface area contributed by atoms with Crippen LogP contribution < -0.4 is 10.2 Å². The second-order valence-corrected chi connectivity index (χ2v) is 5.40. The number of anilines is 1. The van der Waals surface area contributed by atoms with Crippen LogP contribution in [0.5, 0.6) is 0 Å². The third-order valence-corrected chi connectivity index (χ3v) is 3.74. The van der Waals surface area contributed by atoms with E-state index in [0.717, 1.165) is 11.6 Å². The molecule has 19 heavy (non-hydrogen) atoms. The van der Waals surface area contributed by atoms with Crippen molar-refractivity contribution in [3.8, 4) is 0 Å². The van der Waals surface area contributed by atoms with Gasteiger partial charge in [0.1, 0.15) is 11.6 Å². The van der Waals surface area contributed by atoms with Gasteiger partial charge in [-0.3, -0.25) is 14.9 Å². The second-order valence-electron chi connectivity index (χ2n) is 5.40. The van der Waals surface area contributed by atoms with Crippen LogP contribution >= 0.6 is 0 Å². The Morgan fingerprint density at radius 1 is 1.26 bits per heavy atom. The first kappa shape index (κ1) is 12.1. The highest BCUT2D eigenvalue weighted by molar-refractivity contribution is 6.06. The molecule has 2 unspecified atom stereocenters. The predicted octanol–water partition coefficient (Wildman–Crippen LogP) is 0.309. The lowest BCUT2D eigenvalue weighted by atomic mass is 10.00. The van der Waals surface area contributed by atoms with Gasteiger partial charge in [0.25, 0.3) is 0 Å². The number of rotatable bonds is 2. The Hall–Kier alpha value is -1.98. The van der Waals surface area contributed by atoms with Crippen molar-refractivity contribution in [2.24, 2.45) is 11.8 Å². The highest BCUT2D eigenvalue weighted by Crippen LogP contribution is 2.31. The molecule has 0 saturated carbocycles. The third kappa shape index (κ3) is 1.97. The van der Waals surface area contributed by atoms with E-state index in [1.165, 1.54) is 0 Å². The van der Waals surface area contributed by atoms with Crippen molar-refractivity contribution in [3.05, 3.63) is 18.1 Å². The molecule has 0 radical (unpaired) electrons. The molecule has 0 aromatic carbocycles. The van der Waals surface area contributed by atoms with Gasteiger partial charge in [0.15, 0.2) is 0 Å². The van der Waals surface area contributed by atoms with Gasteiger partial charge in [-0.05, 0) is 6.07 Å². The van der Waals surface area contributed by atoms with Crippen LogP contribution in [0.1, 0.15) is 25.6 Å². The van der Waals surface area contributed by atoms with Gasteiger partial charge >= 0.3 is 0 Å². The summed E-state index contributed by atoms with van der Waals surface area (Å²) in [5.74, 6) is 1.06. The van der Waals surface area contributed by atoms with Crippen LogP contribution in [0.25, 0.3) is 0 Å². The number of hydrogen-bond donors (Lipinski definition) is 1. The number of hydrogen-bond acceptors (Lipinski definition) is 5. The van der Waals surface area contributed by atoms with Gasteiger partial charge in [-0.2, -0.15) is 0 Å². The van der Waals surface area contributed by atoms with Crippen LogP contribution in [-0.4, -0.2) is 34.9 Å². The fourth-order valence-electron chi connectivity index (χ4n) is 2.65. The first-order chi connectivity index (χ1) is 9.06. The van der Waals surface area contributed by atoms with Gasteiger partial charge in [-0.15, -0.1) is 0 Å². The van der Waals surface area contributed by atoms with E-state index < -0.39 is 0 Å². The number of imide groups is 1. The highest BCUT2D eigenvalue weighted by atomic mass is 16.2. The molecule has 3 rings (SSSR count). The average Bonchev–Trinajstić information content (AvgIpc) is 2.93.